The molecule has 1 unspecified atom stereocenters. The predicted octanol–water partition coefficient (Wildman–Crippen LogP) is 4.70. The molecule has 0 radical (unpaired) electrons. The molecule has 0 saturated heterocycles. The van der Waals surface area contributed by atoms with E-state index in [1.54, 1.807) is 0 Å². The van der Waals surface area contributed by atoms with Gasteiger partial charge in [0.25, 0.3) is 0 Å². The van der Waals surface area contributed by atoms with Crippen molar-refractivity contribution in [3.8, 4) is 0 Å². The first-order valence-electron chi connectivity index (χ1n) is 6.36. The summed E-state index contributed by atoms with van der Waals surface area (Å²) < 4.78 is 5.78. The van der Waals surface area contributed by atoms with Crippen molar-refractivity contribution in [2.75, 3.05) is 12.5 Å². The van der Waals surface area contributed by atoms with E-state index in [0.29, 0.717) is 12.5 Å². The van der Waals surface area contributed by atoms with Crippen molar-refractivity contribution in [3.63, 3.8) is 0 Å². The third-order valence-electron chi connectivity index (χ3n) is 2.77. The molecule has 98 valence electrons. The largest absolute Gasteiger partial charge is 0.368 e. The normalized spacial score (nSPS) is 12.7. The van der Waals surface area contributed by atoms with Gasteiger partial charge < -0.3 is 4.74 Å². The molecule has 0 bridgehead atoms. The van der Waals surface area contributed by atoms with Crippen LogP contribution in [-0.4, -0.2) is 12.5 Å². The Kier molecular flexibility index (Phi) is 5.67. The van der Waals surface area contributed by atoms with Gasteiger partial charge in [-0.15, -0.1) is 11.6 Å². The van der Waals surface area contributed by atoms with Gasteiger partial charge in [-0.3, -0.25) is 0 Å². The van der Waals surface area contributed by atoms with Crippen LogP contribution in [0.15, 0.2) is 66.7 Å². The smallest absolute Gasteiger partial charge is 0.101 e. The summed E-state index contributed by atoms with van der Waals surface area (Å²) in [7, 11) is 0. The zero-order valence-electron chi connectivity index (χ0n) is 10.7. The number of rotatable bonds is 6. The Labute approximate surface area is 119 Å². The quantitative estimate of drug-likeness (QED) is 0.693. The van der Waals surface area contributed by atoms with E-state index in [9.17, 15) is 0 Å². The minimum absolute atomic E-state index is 0.0554. The second kappa shape index (κ2) is 7.78. The van der Waals surface area contributed by atoms with Crippen molar-refractivity contribution in [2.24, 2.45) is 0 Å². The van der Waals surface area contributed by atoms with Gasteiger partial charge in [0.2, 0.25) is 0 Å². The maximum atomic E-state index is 5.78. The van der Waals surface area contributed by atoms with E-state index in [1.807, 2.05) is 36.4 Å². The summed E-state index contributed by atoms with van der Waals surface area (Å²) in [6.07, 6.45) is 4.09. The standard InChI is InChI=1S/C17H17ClO/c18-13-14-19-17(16-9-5-2-6-10-16)12-11-15-7-3-1-4-8-15/h1-12,17H,13-14H2/b12-11+. The molecule has 0 aliphatic heterocycles. The van der Waals surface area contributed by atoms with Crippen molar-refractivity contribution >= 4 is 17.7 Å². The summed E-state index contributed by atoms with van der Waals surface area (Å²) in [4.78, 5) is 0. The lowest BCUT2D eigenvalue weighted by atomic mass is 10.1. The van der Waals surface area contributed by atoms with E-state index in [2.05, 4.69) is 36.4 Å². The molecule has 2 heteroatoms. The zero-order chi connectivity index (χ0) is 13.3. The summed E-state index contributed by atoms with van der Waals surface area (Å²) in [5, 5.41) is 0. The molecule has 1 nitrogen and oxygen atoms in total. The number of halogens is 1. The topological polar surface area (TPSA) is 9.23 Å². The van der Waals surface area contributed by atoms with E-state index in [4.69, 9.17) is 16.3 Å². The van der Waals surface area contributed by atoms with Crippen LogP contribution in [-0.2, 0) is 4.74 Å². The molecular weight excluding hydrogens is 256 g/mol. The lowest BCUT2D eigenvalue weighted by Crippen LogP contribution is -2.03. The average Bonchev–Trinajstić information content (AvgIpc) is 2.49. The summed E-state index contributed by atoms with van der Waals surface area (Å²) in [6, 6.07) is 20.4. The van der Waals surface area contributed by atoms with Crippen LogP contribution in [0, 0.1) is 0 Å². The Morgan fingerprint density at radius 2 is 1.58 bits per heavy atom. The van der Waals surface area contributed by atoms with E-state index < -0.39 is 0 Å². The van der Waals surface area contributed by atoms with Crippen LogP contribution < -0.4 is 0 Å². The molecule has 2 rings (SSSR count). The van der Waals surface area contributed by atoms with Crippen molar-refractivity contribution in [1.82, 2.24) is 0 Å². The van der Waals surface area contributed by atoms with Gasteiger partial charge in [-0.25, -0.2) is 0 Å². The summed E-state index contributed by atoms with van der Waals surface area (Å²) in [6.45, 7) is 0.542. The highest BCUT2D eigenvalue weighted by Crippen LogP contribution is 2.20. The van der Waals surface area contributed by atoms with Gasteiger partial charge in [0.05, 0.1) is 6.61 Å². The Balaban J connectivity index is 2.12. The lowest BCUT2D eigenvalue weighted by Gasteiger charge is -2.13. The Morgan fingerprint density at radius 1 is 0.947 bits per heavy atom. The average molecular weight is 273 g/mol. The minimum Gasteiger partial charge on any atom is -0.368 e. The number of alkyl halides is 1. The molecule has 0 spiro atoms. The van der Waals surface area contributed by atoms with Gasteiger partial charge in [0.1, 0.15) is 6.10 Å². The molecule has 0 N–H and O–H groups in total. The maximum absolute atomic E-state index is 5.78. The summed E-state index contributed by atoms with van der Waals surface area (Å²) >= 11 is 5.70. The third kappa shape index (κ3) is 4.55. The van der Waals surface area contributed by atoms with Gasteiger partial charge in [0, 0.05) is 5.88 Å². The first-order valence-corrected chi connectivity index (χ1v) is 6.89. The minimum atomic E-state index is -0.0554. The molecule has 0 saturated carbocycles. The highest BCUT2D eigenvalue weighted by atomic mass is 35.5. The fourth-order valence-electron chi connectivity index (χ4n) is 1.84. The summed E-state index contributed by atoms with van der Waals surface area (Å²) in [5.74, 6) is 0.502. The van der Waals surface area contributed by atoms with Crippen molar-refractivity contribution in [3.05, 3.63) is 77.9 Å². The molecule has 2 aromatic carbocycles. The van der Waals surface area contributed by atoms with Crippen LogP contribution in [0.2, 0.25) is 0 Å². The molecule has 1 atom stereocenters. The first kappa shape index (κ1) is 13.9. The van der Waals surface area contributed by atoms with E-state index in [1.165, 1.54) is 0 Å². The fourth-order valence-corrected chi connectivity index (χ4v) is 1.93. The van der Waals surface area contributed by atoms with Gasteiger partial charge >= 0.3 is 0 Å². The first-order chi connectivity index (χ1) is 9.40. The Bertz CT molecular complexity index is 493. The van der Waals surface area contributed by atoms with Gasteiger partial charge in [-0.2, -0.15) is 0 Å². The maximum Gasteiger partial charge on any atom is 0.101 e. The van der Waals surface area contributed by atoms with Crippen LogP contribution in [0.25, 0.3) is 6.08 Å². The van der Waals surface area contributed by atoms with Crippen LogP contribution >= 0.6 is 11.6 Å². The van der Waals surface area contributed by atoms with Crippen molar-refractivity contribution < 1.29 is 4.74 Å². The number of hydrogen-bond acceptors (Lipinski definition) is 1. The molecule has 0 heterocycles. The van der Waals surface area contributed by atoms with E-state index in [0.717, 1.165) is 11.1 Å². The molecule has 0 aromatic heterocycles. The van der Waals surface area contributed by atoms with Crippen molar-refractivity contribution in [1.29, 1.82) is 0 Å². The van der Waals surface area contributed by atoms with Gasteiger partial charge in [-0.05, 0) is 11.1 Å². The number of benzene rings is 2. The van der Waals surface area contributed by atoms with Crippen LogP contribution in [0.5, 0.6) is 0 Å². The van der Waals surface area contributed by atoms with E-state index in [-0.39, 0.29) is 6.10 Å². The fraction of sp³-hybridized carbons (Fsp3) is 0.176. The van der Waals surface area contributed by atoms with Gasteiger partial charge in [-0.1, -0.05) is 72.8 Å². The monoisotopic (exact) mass is 272 g/mol. The molecule has 19 heavy (non-hydrogen) atoms. The van der Waals surface area contributed by atoms with Crippen LogP contribution in [0.4, 0.5) is 0 Å². The summed E-state index contributed by atoms with van der Waals surface area (Å²) in [5.41, 5.74) is 2.30. The predicted molar refractivity (Wildman–Crippen MR) is 81.3 cm³/mol. The Hall–Kier alpha value is -1.57. The SMILES string of the molecule is ClCCOC(/C=C/c1ccccc1)c1ccccc1. The van der Waals surface area contributed by atoms with Crippen LogP contribution in [0.1, 0.15) is 17.2 Å². The van der Waals surface area contributed by atoms with Crippen molar-refractivity contribution in [2.45, 2.75) is 6.10 Å². The second-order valence-corrected chi connectivity index (χ2v) is 4.54. The third-order valence-corrected chi connectivity index (χ3v) is 2.92. The molecule has 0 amide bonds. The molecule has 0 aliphatic rings. The molecular formula is C17H17ClO. The molecule has 2 aromatic rings. The number of hydrogen-bond donors (Lipinski definition) is 0. The van der Waals surface area contributed by atoms with Crippen LogP contribution in [0.3, 0.4) is 0 Å². The molecule has 0 fully saturated rings. The lowest BCUT2D eigenvalue weighted by molar-refractivity contribution is 0.0989. The highest BCUT2D eigenvalue weighted by molar-refractivity contribution is 6.17. The van der Waals surface area contributed by atoms with E-state index >= 15 is 0 Å². The Morgan fingerprint density at radius 3 is 2.21 bits per heavy atom. The molecule has 0 aliphatic carbocycles. The second-order valence-electron chi connectivity index (χ2n) is 4.16. The zero-order valence-corrected chi connectivity index (χ0v) is 11.5. The highest BCUT2D eigenvalue weighted by Gasteiger charge is 2.07. The van der Waals surface area contributed by atoms with Gasteiger partial charge in [0.15, 0.2) is 0 Å². The number of ether oxygens (including phenoxy) is 1.